The van der Waals surface area contributed by atoms with Crippen LogP contribution in [0.1, 0.15) is 13.3 Å². The Bertz CT molecular complexity index is 244. The molecule has 15 heavy (non-hydrogen) atoms. The topological polar surface area (TPSA) is 78.7 Å². The lowest BCUT2D eigenvalue weighted by Crippen LogP contribution is -2.42. The fourth-order valence-corrected chi connectivity index (χ4v) is 1.69. The summed E-state index contributed by atoms with van der Waals surface area (Å²) >= 11 is 0. The van der Waals surface area contributed by atoms with E-state index < -0.39 is 0 Å². The average molecular weight is 214 g/mol. The highest BCUT2D eigenvalue weighted by Gasteiger charge is 2.17. The van der Waals surface area contributed by atoms with E-state index >= 15 is 0 Å². The summed E-state index contributed by atoms with van der Waals surface area (Å²) in [6.45, 7) is 4.90. The minimum absolute atomic E-state index is 0.0973. The quantitative estimate of drug-likeness (QED) is 0.334. The van der Waals surface area contributed by atoms with E-state index in [1.807, 2.05) is 4.90 Å². The van der Waals surface area contributed by atoms with Crippen molar-refractivity contribution in [3.8, 4) is 0 Å². The molecule has 0 unspecified atom stereocenters. The molecule has 0 aromatic carbocycles. The molecule has 0 atom stereocenters. The van der Waals surface area contributed by atoms with Crippen molar-refractivity contribution in [2.75, 3.05) is 32.7 Å². The van der Waals surface area contributed by atoms with Gasteiger partial charge in [-0.25, -0.2) is 5.84 Å². The first-order valence-corrected chi connectivity index (χ1v) is 5.11. The van der Waals surface area contributed by atoms with Crippen molar-refractivity contribution in [2.24, 2.45) is 5.84 Å². The van der Waals surface area contributed by atoms with Gasteiger partial charge in [0.05, 0.1) is 6.54 Å². The summed E-state index contributed by atoms with van der Waals surface area (Å²) in [7, 11) is 0. The molecule has 2 amide bonds. The molecule has 0 radical (unpaired) electrons. The van der Waals surface area contributed by atoms with E-state index in [0.717, 1.165) is 26.1 Å². The molecule has 0 aliphatic carbocycles. The maximum absolute atomic E-state index is 11.1. The van der Waals surface area contributed by atoms with Crippen LogP contribution in [-0.4, -0.2) is 54.3 Å². The molecule has 0 saturated carbocycles. The summed E-state index contributed by atoms with van der Waals surface area (Å²) < 4.78 is 0. The Kier molecular flexibility index (Phi) is 4.51. The maximum atomic E-state index is 11.1. The van der Waals surface area contributed by atoms with Crippen LogP contribution in [-0.2, 0) is 9.59 Å². The van der Waals surface area contributed by atoms with Crippen molar-refractivity contribution in [3.05, 3.63) is 0 Å². The van der Waals surface area contributed by atoms with Gasteiger partial charge in [0.15, 0.2) is 0 Å². The van der Waals surface area contributed by atoms with Gasteiger partial charge in [0, 0.05) is 33.1 Å². The maximum Gasteiger partial charge on any atom is 0.248 e. The van der Waals surface area contributed by atoms with Crippen LogP contribution >= 0.6 is 0 Å². The molecular weight excluding hydrogens is 196 g/mol. The monoisotopic (exact) mass is 214 g/mol. The molecule has 1 aliphatic heterocycles. The van der Waals surface area contributed by atoms with Gasteiger partial charge in [-0.15, -0.1) is 0 Å². The third-order valence-electron chi connectivity index (χ3n) is 2.56. The van der Waals surface area contributed by atoms with Gasteiger partial charge in [0.1, 0.15) is 0 Å². The van der Waals surface area contributed by atoms with Crippen LogP contribution in [0, 0.1) is 0 Å². The van der Waals surface area contributed by atoms with E-state index in [1.54, 1.807) is 11.8 Å². The van der Waals surface area contributed by atoms with E-state index in [4.69, 9.17) is 5.84 Å². The van der Waals surface area contributed by atoms with Crippen LogP contribution < -0.4 is 11.3 Å². The first-order valence-electron chi connectivity index (χ1n) is 5.11. The van der Waals surface area contributed by atoms with E-state index in [2.05, 4.69) is 5.43 Å². The summed E-state index contributed by atoms with van der Waals surface area (Å²) in [6, 6.07) is 0. The number of rotatable bonds is 2. The zero-order valence-corrected chi connectivity index (χ0v) is 9.03. The Hall–Kier alpha value is -1.14. The van der Waals surface area contributed by atoms with Crippen LogP contribution in [0.2, 0.25) is 0 Å². The minimum atomic E-state index is -0.189. The van der Waals surface area contributed by atoms with E-state index in [-0.39, 0.29) is 11.8 Å². The zero-order chi connectivity index (χ0) is 11.3. The summed E-state index contributed by atoms with van der Waals surface area (Å²) in [5, 5.41) is 0. The minimum Gasteiger partial charge on any atom is -0.342 e. The number of hydrazine groups is 1. The number of nitrogens with zero attached hydrogens (tertiary/aromatic N) is 2. The van der Waals surface area contributed by atoms with Crippen molar-refractivity contribution in [2.45, 2.75) is 13.3 Å². The fraction of sp³-hybridized carbons (Fsp3) is 0.778. The van der Waals surface area contributed by atoms with Gasteiger partial charge < -0.3 is 4.90 Å². The van der Waals surface area contributed by atoms with E-state index in [0.29, 0.717) is 13.1 Å². The molecule has 1 rings (SSSR count). The molecule has 1 heterocycles. The van der Waals surface area contributed by atoms with Crippen molar-refractivity contribution in [1.29, 1.82) is 0 Å². The molecule has 0 aromatic rings. The molecule has 1 saturated heterocycles. The van der Waals surface area contributed by atoms with Gasteiger partial charge in [-0.05, 0) is 6.42 Å². The molecule has 1 fully saturated rings. The second-order valence-electron chi connectivity index (χ2n) is 3.70. The van der Waals surface area contributed by atoms with Crippen LogP contribution in [0.4, 0.5) is 0 Å². The summed E-state index contributed by atoms with van der Waals surface area (Å²) in [6.07, 6.45) is 0.900. The van der Waals surface area contributed by atoms with Crippen molar-refractivity contribution in [3.63, 3.8) is 0 Å². The number of amides is 2. The van der Waals surface area contributed by atoms with Crippen LogP contribution in [0.25, 0.3) is 0 Å². The van der Waals surface area contributed by atoms with Crippen molar-refractivity contribution < 1.29 is 9.59 Å². The normalized spacial score (nSPS) is 18.4. The van der Waals surface area contributed by atoms with Crippen LogP contribution in [0.15, 0.2) is 0 Å². The highest BCUT2D eigenvalue weighted by atomic mass is 16.2. The summed E-state index contributed by atoms with van der Waals surface area (Å²) in [5.41, 5.74) is 2.11. The molecule has 86 valence electrons. The molecule has 3 N–H and O–H groups in total. The second kappa shape index (κ2) is 5.67. The third kappa shape index (κ3) is 3.85. The third-order valence-corrected chi connectivity index (χ3v) is 2.56. The van der Waals surface area contributed by atoms with Gasteiger partial charge in [-0.1, -0.05) is 0 Å². The summed E-state index contributed by atoms with van der Waals surface area (Å²) in [4.78, 5) is 26.0. The second-order valence-corrected chi connectivity index (χ2v) is 3.70. The van der Waals surface area contributed by atoms with Crippen LogP contribution in [0.5, 0.6) is 0 Å². The highest BCUT2D eigenvalue weighted by molar-refractivity contribution is 5.77. The zero-order valence-electron chi connectivity index (χ0n) is 9.03. The van der Waals surface area contributed by atoms with E-state index in [1.165, 1.54) is 0 Å². The van der Waals surface area contributed by atoms with Crippen molar-refractivity contribution >= 4 is 11.8 Å². The molecular formula is C9H18N4O2. The van der Waals surface area contributed by atoms with Gasteiger partial charge in [0.25, 0.3) is 0 Å². The summed E-state index contributed by atoms with van der Waals surface area (Å²) in [5.74, 6) is 4.92. The number of carbonyl (C=O) groups excluding carboxylic acids is 2. The van der Waals surface area contributed by atoms with E-state index in [9.17, 15) is 9.59 Å². The van der Waals surface area contributed by atoms with Gasteiger partial charge in [0.2, 0.25) is 11.8 Å². The van der Waals surface area contributed by atoms with Gasteiger partial charge in [-0.2, -0.15) is 0 Å². The predicted molar refractivity (Wildman–Crippen MR) is 55.6 cm³/mol. The SMILES string of the molecule is CC(=O)N1CCCN(CC(=O)NN)CC1. The van der Waals surface area contributed by atoms with Gasteiger partial charge in [-0.3, -0.25) is 19.9 Å². The molecule has 0 spiro atoms. The Balaban J connectivity index is 2.39. The lowest BCUT2D eigenvalue weighted by Gasteiger charge is -2.20. The first-order chi connectivity index (χ1) is 7.13. The highest BCUT2D eigenvalue weighted by Crippen LogP contribution is 2.02. The average Bonchev–Trinajstić information content (AvgIpc) is 2.43. The molecule has 0 bridgehead atoms. The van der Waals surface area contributed by atoms with Crippen LogP contribution in [0.3, 0.4) is 0 Å². The van der Waals surface area contributed by atoms with Crippen molar-refractivity contribution in [1.82, 2.24) is 15.2 Å². The Morgan fingerprint density at radius 3 is 2.60 bits per heavy atom. The number of nitrogens with two attached hydrogens (primary N) is 1. The smallest absolute Gasteiger partial charge is 0.248 e. The first kappa shape index (κ1) is 11.9. The molecule has 0 aromatic heterocycles. The molecule has 6 heteroatoms. The Morgan fingerprint density at radius 2 is 2.00 bits per heavy atom. The predicted octanol–water partition coefficient (Wildman–Crippen LogP) is -1.47. The number of hydrogen-bond donors (Lipinski definition) is 2. The molecule has 6 nitrogen and oxygen atoms in total. The number of carbonyl (C=O) groups is 2. The standard InChI is InChI=1S/C9H18N4O2/c1-8(14)13-4-2-3-12(5-6-13)7-9(15)11-10/h2-7,10H2,1H3,(H,11,15). The molecule has 1 aliphatic rings. The largest absolute Gasteiger partial charge is 0.342 e. The fourth-order valence-electron chi connectivity index (χ4n) is 1.69. The van der Waals surface area contributed by atoms with Gasteiger partial charge >= 0.3 is 0 Å². The number of hydrogen-bond acceptors (Lipinski definition) is 4. The Labute approximate surface area is 89.4 Å². The lowest BCUT2D eigenvalue weighted by molar-refractivity contribution is -0.128. The Morgan fingerprint density at radius 1 is 1.27 bits per heavy atom. The lowest BCUT2D eigenvalue weighted by atomic mass is 10.4. The number of nitrogens with one attached hydrogen (secondary N) is 1.